The average molecular weight is 425 g/mol. The summed E-state index contributed by atoms with van der Waals surface area (Å²) in [5.74, 6) is 1.70. The summed E-state index contributed by atoms with van der Waals surface area (Å²) >= 11 is 5.96. The largest absolute Gasteiger partial charge is 0.490 e. The Morgan fingerprint density at radius 3 is 2.30 bits per heavy atom. The van der Waals surface area contributed by atoms with Crippen molar-refractivity contribution in [3.63, 3.8) is 0 Å². The number of benzene rings is 2. The number of carbonyl (C=O) groups is 1. The van der Waals surface area contributed by atoms with Crippen LogP contribution in [0.2, 0.25) is 5.02 Å². The van der Waals surface area contributed by atoms with Crippen molar-refractivity contribution in [3.05, 3.63) is 70.3 Å². The molecule has 30 heavy (non-hydrogen) atoms. The number of aromatic nitrogens is 3. The van der Waals surface area contributed by atoms with E-state index in [0.29, 0.717) is 23.9 Å². The fraction of sp³-hybridized carbons (Fsp3) is 0.348. The molecule has 1 aliphatic rings. The number of amides is 1. The highest BCUT2D eigenvalue weighted by Gasteiger charge is 2.28. The Hall–Kier alpha value is -2.86. The number of aryl methyl sites for hydroxylation is 3. The topological polar surface area (TPSA) is 60.2 Å². The number of halogens is 1. The zero-order valence-electron chi connectivity index (χ0n) is 17.4. The van der Waals surface area contributed by atoms with Crippen molar-refractivity contribution >= 4 is 17.5 Å². The molecule has 7 heteroatoms. The Kier molecular flexibility index (Phi) is 5.77. The molecule has 1 saturated heterocycles. The van der Waals surface area contributed by atoms with Crippen molar-refractivity contribution in [1.82, 2.24) is 19.7 Å². The van der Waals surface area contributed by atoms with Gasteiger partial charge in [-0.2, -0.15) is 0 Å². The predicted molar refractivity (Wildman–Crippen MR) is 117 cm³/mol. The average Bonchev–Trinajstić information content (AvgIpc) is 3.13. The first-order valence-corrected chi connectivity index (χ1v) is 10.5. The number of ether oxygens (including phenoxy) is 1. The van der Waals surface area contributed by atoms with Gasteiger partial charge in [-0.3, -0.25) is 4.79 Å². The summed E-state index contributed by atoms with van der Waals surface area (Å²) < 4.78 is 7.92. The highest BCUT2D eigenvalue weighted by molar-refractivity contribution is 6.30. The van der Waals surface area contributed by atoms with E-state index in [1.807, 2.05) is 30.0 Å². The zero-order valence-corrected chi connectivity index (χ0v) is 18.2. The van der Waals surface area contributed by atoms with Gasteiger partial charge in [0.05, 0.1) is 5.69 Å². The van der Waals surface area contributed by atoms with Gasteiger partial charge in [0.15, 0.2) is 0 Å². The van der Waals surface area contributed by atoms with E-state index in [4.69, 9.17) is 16.3 Å². The van der Waals surface area contributed by atoms with Gasteiger partial charge in [-0.15, -0.1) is 5.10 Å². The van der Waals surface area contributed by atoms with Crippen LogP contribution in [0.5, 0.6) is 5.75 Å². The normalized spacial score (nSPS) is 14.7. The van der Waals surface area contributed by atoms with Gasteiger partial charge in [-0.25, -0.2) is 9.67 Å². The molecule has 6 nitrogen and oxygen atoms in total. The third-order valence-corrected chi connectivity index (χ3v) is 5.71. The lowest BCUT2D eigenvalue weighted by Crippen LogP contribution is -2.42. The molecule has 1 aromatic heterocycles. The maximum absolute atomic E-state index is 12.9. The zero-order chi connectivity index (χ0) is 21.3. The lowest BCUT2D eigenvalue weighted by atomic mass is 10.1. The maximum atomic E-state index is 12.9. The van der Waals surface area contributed by atoms with E-state index >= 15 is 0 Å². The van der Waals surface area contributed by atoms with E-state index in [1.54, 1.807) is 16.8 Å². The molecule has 4 rings (SSSR count). The Labute approximate surface area is 181 Å². The van der Waals surface area contributed by atoms with E-state index in [2.05, 4.69) is 36.1 Å². The van der Waals surface area contributed by atoms with Gasteiger partial charge in [0, 0.05) is 31.0 Å². The second-order valence-corrected chi connectivity index (χ2v) is 8.14. The van der Waals surface area contributed by atoms with Crippen LogP contribution in [0.1, 0.15) is 40.4 Å². The predicted octanol–water partition coefficient (Wildman–Crippen LogP) is 4.53. The fourth-order valence-corrected chi connectivity index (χ4v) is 3.90. The van der Waals surface area contributed by atoms with Crippen LogP contribution in [0.15, 0.2) is 42.5 Å². The minimum Gasteiger partial charge on any atom is -0.490 e. The van der Waals surface area contributed by atoms with E-state index < -0.39 is 0 Å². The molecule has 0 unspecified atom stereocenters. The third-order valence-electron chi connectivity index (χ3n) is 5.45. The van der Waals surface area contributed by atoms with Crippen molar-refractivity contribution < 1.29 is 9.53 Å². The molecule has 1 amide bonds. The Morgan fingerprint density at radius 1 is 1.03 bits per heavy atom. The number of para-hydroxylation sites is 1. The first-order chi connectivity index (χ1) is 14.4. The van der Waals surface area contributed by atoms with Crippen molar-refractivity contribution in [2.45, 2.75) is 39.7 Å². The lowest BCUT2D eigenvalue weighted by molar-refractivity contribution is 0.0582. The third kappa shape index (κ3) is 4.19. The highest BCUT2D eigenvalue weighted by Crippen LogP contribution is 2.26. The van der Waals surface area contributed by atoms with Crippen LogP contribution in [0.4, 0.5) is 0 Å². The second kappa shape index (κ2) is 8.48. The number of carbonyl (C=O) groups excluding carboxylic acids is 1. The fourth-order valence-electron chi connectivity index (χ4n) is 3.78. The molecule has 0 spiro atoms. The minimum absolute atomic E-state index is 0.107. The van der Waals surface area contributed by atoms with Gasteiger partial charge in [-0.1, -0.05) is 29.8 Å². The van der Waals surface area contributed by atoms with E-state index in [1.165, 1.54) is 0 Å². The molecular weight excluding hydrogens is 400 g/mol. The molecule has 0 bridgehead atoms. The quantitative estimate of drug-likeness (QED) is 0.617. The summed E-state index contributed by atoms with van der Waals surface area (Å²) in [6.07, 6.45) is 1.68. The SMILES string of the molecule is Cc1cccc(C)c1OC1CCN(C(=O)c2nc(C)n(-c3ccc(Cl)cc3)n2)CC1. The number of piperidine rings is 1. The monoisotopic (exact) mass is 424 g/mol. The Morgan fingerprint density at radius 2 is 1.67 bits per heavy atom. The molecule has 2 aromatic carbocycles. The maximum Gasteiger partial charge on any atom is 0.293 e. The van der Waals surface area contributed by atoms with E-state index in [-0.39, 0.29) is 17.8 Å². The number of nitrogens with zero attached hydrogens (tertiary/aromatic N) is 4. The molecule has 156 valence electrons. The summed E-state index contributed by atoms with van der Waals surface area (Å²) in [5.41, 5.74) is 3.10. The van der Waals surface area contributed by atoms with Crippen LogP contribution in [-0.4, -0.2) is 44.8 Å². The molecule has 0 saturated carbocycles. The van der Waals surface area contributed by atoms with Crippen molar-refractivity contribution in [1.29, 1.82) is 0 Å². The Balaban J connectivity index is 1.41. The molecule has 1 aliphatic heterocycles. The van der Waals surface area contributed by atoms with Crippen LogP contribution >= 0.6 is 11.6 Å². The minimum atomic E-state index is -0.142. The first kappa shape index (κ1) is 20.4. The summed E-state index contributed by atoms with van der Waals surface area (Å²) in [5, 5.41) is 5.09. The number of hydrogen-bond acceptors (Lipinski definition) is 4. The summed E-state index contributed by atoms with van der Waals surface area (Å²) in [6, 6.07) is 13.5. The highest BCUT2D eigenvalue weighted by atomic mass is 35.5. The molecule has 0 aliphatic carbocycles. The second-order valence-electron chi connectivity index (χ2n) is 7.70. The van der Waals surface area contributed by atoms with Crippen LogP contribution in [0, 0.1) is 20.8 Å². The molecule has 2 heterocycles. The lowest BCUT2D eigenvalue weighted by Gasteiger charge is -2.32. The summed E-state index contributed by atoms with van der Waals surface area (Å²) in [4.78, 5) is 19.2. The van der Waals surface area contributed by atoms with Crippen LogP contribution in [0.3, 0.4) is 0 Å². The number of likely N-dealkylation sites (tertiary alicyclic amines) is 1. The van der Waals surface area contributed by atoms with Gasteiger partial charge >= 0.3 is 0 Å². The van der Waals surface area contributed by atoms with Crippen LogP contribution in [0.25, 0.3) is 5.69 Å². The first-order valence-electron chi connectivity index (χ1n) is 10.1. The van der Waals surface area contributed by atoms with Crippen LogP contribution in [-0.2, 0) is 0 Å². The van der Waals surface area contributed by atoms with E-state index in [0.717, 1.165) is 35.4 Å². The van der Waals surface area contributed by atoms with Gasteiger partial charge in [0.1, 0.15) is 17.7 Å². The standard InChI is InChI=1S/C23H25ClN4O2/c1-15-5-4-6-16(2)21(15)30-20-11-13-27(14-12-20)23(29)22-25-17(3)28(26-22)19-9-7-18(24)8-10-19/h4-10,20H,11-14H2,1-3H3. The van der Waals surface area contributed by atoms with Gasteiger partial charge in [-0.05, 0) is 56.2 Å². The molecular formula is C23H25ClN4O2. The van der Waals surface area contributed by atoms with Crippen molar-refractivity contribution in [3.8, 4) is 11.4 Å². The summed E-state index contributed by atoms with van der Waals surface area (Å²) in [7, 11) is 0. The molecule has 0 radical (unpaired) electrons. The molecule has 3 aromatic rings. The number of hydrogen-bond donors (Lipinski definition) is 0. The van der Waals surface area contributed by atoms with Gasteiger partial charge < -0.3 is 9.64 Å². The Bertz CT molecular complexity index is 1030. The van der Waals surface area contributed by atoms with E-state index in [9.17, 15) is 4.79 Å². The number of rotatable bonds is 4. The van der Waals surface area contributed by atoms with Crippen molar-refractivity contribution in [2.75, 3.05) is 13.1 Å². The molecule has 0 atom stereocenters. The van der Waals surface area contributed by atoms with Gasteiger partial charge in [0.25, 0.3) is 5.91 Å². The molecule has 1 fully saturated rings. The van der Waals surface area contributed by atoms with Crippen LogP contribution < -0.4 is 4.74 Å². The molecule has 0 N–H and O–H groups in total. The van der Waals surface area contributed by atoms with Crippen molar-refractivity contribution in [2.24, 2.45) is 0 Å². The summed E-state index contributed by atoms with van der Waals surface area (Å²) in [6.45, 7) is 7.22. The smallest absolute Gasteiger partial charge is 0.293 e. The van der Waals surface area contributed by atoms with Gasteiger partial charge in [0.2, 0.25) is 5.82 Å².